The molecule has 0 aromatic carbocycles. The van der Waals surface area contributed by atoms with Crippen LogP contribution in [-0.2, 0) is 17.7 Å². The van der Waals surface area contributed by atoms with Gasteiger partial charge in [-0.3, -0.25) is 16.0 Å². The zero-order valence-electron chi connectivity index (χ0n) is 12.1. The molecule has 1 atom stereocenters. The molecule has 1 unspecified atom stereocenters. The standard InChI is InChI=1S/C14H26N4O/c1-3-18-11-12(10-16-18)9-13(17-15)14(19-2)7-5-4-6-8-14/h10-11,13,17H,3-9,15H2,1-2H3. The summed E-state index contributed by atoms with van der Waals surface area (Å²) in [4.78, 5) is 0. The second kappa shape index (κ2) is 6.50. The predicted molar refractivity (Wildman–Crippen MR) is 75.5 cm³/mol. The predicted octanol–water partition coefficient (Wildman–Crippen LogP) is 1.63. The average Bonchev–Trinajstić information content (AvgIpc) is 2.93. The smallest absolute Gasteiger partial charge is 0.0847 e. The fraction of sp³-hybridized carbons (Fsp3) is 0.786. The van der Waals surface area contributed by atoms with Gasteiger partial charge in [0.05, 0.1) is 17.8 Å². The molecule has 3 N–H and O–H groups in total. The van der Waals surface area contributed by atoms with E-state index in [1.807, 2.05) is 18.0 Å². The Morgan fingerprint density at radius 3 is 2.74 bits per heavy atom. The first-order valence-electron chi connectivity index (χ1n) is 7.26. The molecule has 0 saturated heterocycles. The molecule has 1 aromatic heterocycles. The van der Waals surface area contributed by atoms with Crippen molar-refractivity contribution < 1.29 is 4.74 Å². The molecule has 0 radical (unpaired) electrons. The van der Waals surface area contributed by atoms with E-state index in [4.69, 9.17) is 10.6 Å². The molecule has 1 fully saturated rings. The number of hydrazine groups is 1. The lowest BCUT2D eigenvalue weighted by Gasteiger charge is -2.42. The molecule has 108 valence electrons. The van der Waals surface area contributed by atoms with Gasteiger partial charge in [-0.15, -0.1) is 0 Å². The molecular weight excluding hydrogens is 240 g/mol. The van der Waals surface area contributed by atoms with Gasteiger partial charge in [0.25, 0.3) is 0 Å². The van der Waals surface area contributed by atoms with E-state index in [-0.39, 0.29) is 11.6 Å². The van der Waals surface area contributed by atoms with Crippen molar-refractivity contribution in [2.75, 3.05) is 7.11 Å². The van der Waals surface area contributed by atoms with Crippen molar-refractivity contribution in [3.05, 3.63) is 18.0 Å². The Morgan fingerprint density at radius 1 is 1.47 bits per heavy atom. The van der Waals surface area contributed by atoms with E-state index in [1.54, 1.807) is 0 Å². The molecule has 1 aliphatic carbocycles. The van der Waals surface area contributed by atoms with E-state index < -0.39 is 0 Å². The maximum atomic E-state index is 5.87. The third kappa shape index (κ3) is 3.16. The SMILES string of the molecule is CCn1cc(CC(NN)C2(OC)CCCCC2)cn1. The second-order valence-electron chi connectivity index (χ2n) is 5.46. The van der Waals surface area contributed by atoms with E-state index in [0.29, 0.717) is 0 Å². The van der Waals surface area contributed by atoms with Gasteiger partial charge in [-0.25, -0.2) is 0 Å². The number of rotatable bonds is 6. The summed E-state index contributed by atoms with van der Waals surface area (Å²) in [5.74, 6) is 5.79. The van der Waals surface area contributed by atoms with Gasteiger partial charge in [-0.1, -0.05) is 19.3 Å². The summed E-state index contributed by atoms with van der Waals surface area (Å²) in [7, 11) is 1.81. The van der Waals surface area contributed by atoms with E-state index in [1.165, 1.54) is 24.8 Å². The Bertz CT molecular complexity index is 385. The van der Waals surface area contributed by atoms with Crippen LogP contribution in [0.5, 0.6) is 0 Å². The number of ether oxygens (including phenoxy) is 1. The Balaban J connectivity index is 2.09. The van der Waals surface area contributed by atoms with Crippen LogP contribution in [0.15, 0.2) is 12.4 Å². The number of aryl methyl sites for hydroxylation is 1. The van der Waals surface area contributed by atoms with Gasteiger partial charge in [-0.05, 0) is 31.7 Å². The van der Waals surface area contributed by atoms with Gasteiger partial charge in [-0.2, -0.15) is 5.10 Å². The van der Waals surface area contributed by atoms with Crippen molar-refractivity contribution >= 4 is 0 Å². The number of nitrogens with one attached hydrogen (secondary N) is 1. The van der Waals surface area contributed by atoms with E-state index in [0.717, 1.165) is 25.8 Å². The Morgan fingerprint density at radius 2 is 2.21 bits per heavy atom. The number of hydrogen-bond donors (Lipinski definition) is 2. The van der Waals surface area contributed by atoms with E-state index in [2.05, 4.69) is 23.6 Å². The normalized spacial score (nSPS) is 20.4. The topological polar surface area (TPSA) is 65.1 Å². The molecule has 1 saturated carbocycles. The summed E-state index contributed by atoms with van der Waals surface area (Å²) >= 11 is 0. The van der Waals surface area contributed by atoms with E-state index >= 15 is 0 Å². The van der Waals surface area contributed by atoms with Crippen LogP contribution in [0.2, 0.25) is 0 Å². The van der Waals surface area contributed by atoms with Crippen LogP contribution in [0, 0.1) is 0 Å². The maximum Gasteiger partial charge on any atom is 0.0847 e. The summed E-state index contributed by atoms with van der Waals surface area (Å²) in [5, 5.41) is 4.32. The van der Waals surface area contributed by atoms with Crippen LogP contribution in [0.25, 0.3) is 0 Å². The number of nitrogens with zero attached hydrogens (tertiary/aromatic N) is 2. The average molecular weight is 266 g/mol. The molecule has 0 amide bonds. The quantitative estimate of drug-likeness (QED) is 0.606. The number of nitrogens with two attached hydrogens (primary N) is 1. The maximum absolute atomic E-state index is 5.87. The highest BCUT2D eigenvalue weighted by atomic mass is 16.5. The summed E-state index contributed by atoms with van der Waals surface area (Å²) in [6, 6.07) is 0.146. The second-order valence-corrected chi connectivity index (χ2v) is 5.46. The van der Waals surface area contributed by atoms with Crippen LogP contribution in [0.1, 0.15) is 44.6 Å². The third-order valence-corrected chi connectivity index (χ3v) is 4.39. The van der Waals surface area contributed by atoms with Gasteiger partial charge < -0.3 is 4.74 Å². The first-order chi connectivity index (χ1) is 9.24. The first kappa shape index (κ1) is 14.5. The van der Waals surface area contributed by atoms with Gasteiger partial charge in [0.1, 0.15) is 0 Å². The van der Waals surface area contributed by atoms with E-state index in [9.17, 15) is 0 Å². The lowest BCUT2D eigenvalue weighted by atomic mass is 9.77. The zero-order chi connectivity index (χ0) is 13.7. The Kier molecular flexibility index (Phi) is 4.96. The molecule has 5 heteroatoms. The van der Waals surface area contributed by atoms with Crippen molar-refractivity contribution in [2.45, 2.75) is 63.6 Å². The van der Waals surface area contributed by atoms with Crippen molar-refractivity contribution in [1.29, 1.82) is 0 Å². The lowest BCUT2D eigenvalue weighted by Crippen LogP contribution is -2.56. The minimum absolute atomic E-state index is 0.124. The molecular formula is C14H26N4O. The van der Waals surface area contributed by atoms with Crippen molar-refractivity contribution in [3.8, 4) is 0 Å². The molecule has 0 aliphatic heterocycles. The Labute approximate surface area is 115 Å². The fourth-order valence-corrected chi connectivity index (χ4v) is 3.16. The molecule has 2 rings (SSSR count). The lowest BCUT2D eigenvalue weighted by molar-refractivity contribution is -0.0673. The number of methoxy groups -OCH3 is 1. The minimum Gasteiger partial charge on any atom is -0.377 e. The highest BCUT2D eigenvalue weighted by Crippen LogP contribution is 2.35. The molecule has 0 bridgehead atoms. The summed E-state index contributed by atoms with van der Waals surface area (Å²) in [5.41, 5.74) is 4.07. The third-order valence-electron chi connectivity index (χ3n) is 4.39. The van der Waals surface area contributed by atoms with Crippen molar-refractivity contribution in [3.63, 3.8) is 0 Å². The van der Waals surface area contributed by atoms with Crippen LogP contribution in [0.3, 0.4) is 0 Å². The van der Waals surface area contributed by atoms with Gasteiger partial charge in [0.15, 0.2) is 0 Å². The molecule has 1 aliphatic rings. The molecule has 1 heterocycles. The van der Waals surface area contributed by atoms with Crippen molar-refractivity contribution in [2.24, 2.45) is 5.84 Å². The van der Waals surface area contributed by atoms with Gasteiger partial charge >= 0.3 is 0 Å². The van der Waals surface area contributed by atoms with Crippen LogP contribution in [-0.4, -0.2) is 28.5 Å². The van der Waals surface area contributed by atoms with Crippen molar-refractivity contribution in [1.82, 2.24) is 15.2 Å². The first-order valence-corrected chi connectivity index (χ1v) is 7.26. The Hall–Kier alpha value is -0.910. The molecule has 0 spiro atoms. The van der Waals surface area contributed by atoms with Crippen LogP contribution in [0.4, 0.5) is 0 Å². The van der Waals surface area contributed by atoms with Crippen LogP contribution >= 0.6 is 0 Å². The number of aromatic nitrogens is 2. The highest BCUT2D eigenvalue weighted by molar-refractivity contribution is 5.10. The zero-order valence-corrected chi connectivity index (χ0v) is 12.1. The number of hydrogen-bond acceptors (Lipinski definition) is 4. The van der Waals surface area contributed by atoms with Gasteiger partial charge in [0.2, 0.25) is 0 Å². The monoisotopic (exact) mass is 266 g/mol. The van der Waals surface area contributed by atoms with Crippen LogP contribution < -0.4 is 11.3 Å². The highest BCUT2D eigenvalue weighted by Gasteiger charge is 2.39. The summed E-state index contributed by atoms with van der Waals surface area (Å²) in [6.07, 6.45) is 10.8. The largest absolute Gasteiger partial charge is 0.377 e. The molecule has 5 nitrogen and oxygen atoms in total. The summed E-state index contributed by atoms with van der Waals surface area (Å²) in [6.45, 7) is 2.99. The molecule has 1 aromatic rings. The van der Waals surface area contributed by atoms with Gasteiger partial charge in [0, 0.05) is 19.9 Å². The molecule has 19 heavy (non-hydrogen) atoms. The fourth-order valence-electron chi connectivity index (χ4n) is 3.16. The summed E-state index contributed by atoms with van der Waals surface area (Å²) < 4.78 is 7.82. The minimum atomic E-state index is -0.124.